The van der Waals surface area contributed by atoms with Crippen LogP contribution in [0.1, 0.15) is 7.43 Å². The second-order valence-electron chi connectivity index (χ2n) is 3.73. The van der Waals surface area contributed by atoms with Gasteiger partial charge in [0.2, 0.25) is 0 Å². The number of fused-ring (bicyclic) bond motifs is 3. The molecular formula is C13H13BO3. The molecule has 0 spiro atoms. The molecule has 2 N–H and O–H groups in total. The summed E-state index contributed by atoms with van der Waals surface area (Å²) in [5, 5.41) is 20.2. The van der Waals surface area contributed by atoms with E-state index in [1.54, 1.807) is 12.1 Å². The van der Waals surface area contributed by atoms with Gasteiger partial charge in [0.1, 0.15) is 11.2 Å². The largest absolute Gasteiger partial charge is 0.488 e. The Morgan fingerprint density at radius 3 is 2.35 bits per heavy atom. The maximum absolute atomic E-state index is 9.07. The summed E-state index contributed by atoms with van der Waals surface area (Å²) in [6, 6.07) is 12.9. The molecule has 3 aromatic rings. The Labute approximate surface area is 99.4 Å². The molecule has 3 nitrogen and oxygen atoms in total. The number of rotatable bonds is 1. The van der Waals surface area contributed by atoms with E-state index in [4.69, 9.17) is 14.5 Å². The Kier molecular flexibility index (Phi) is 2.92. The van der Waals surface area contributed by atoms with Gasteiger partial charge in [-0.2, -0.15) is 0 Å². The van der Waals surface area contributed by atoms with Gasteiger partial charge in [-0.1, -0.05) is 37.8 Å². The summed E-state index contributed by atoms with van der Waals surface area (Å²) >= 11 is 0. The van der Waals surface area contributed by atoms with Crippen molar-refractivity contribution in [3.05, 3.63) is 42.5 Å². The second-order valence-corrected chi connectivity index (χ2v) is 3.73. The lowest BCUT2D eigenvalue weighted by Gasteiger charge is -1.97. The first-order valence-corrected chi connectivity index (χ1v) is 5.03. The zero-order valence-corrected chi connectivity index (χ0v) is 8.42. The molecule has 17 heavy (non-hydrogen) atoms. The highest BCUT2D eigenvalue weighted by Gasteiger charge is 2.13. The van der Waals surface area contributed by atoms with Crippen LogP contribution in [0, 0.1) is 0 Å². The van der Waals surface area contributed by atoms with E-state index in [1.807, 2.05) is 30.3 Å². The van der Waals surface area contributed by atoms with Gasteiger partial charge in [-0.3, -0.25) is 0 Å². The van der Waals surface area contributed by atoms with E-state index < -0.39 is 7.12 Å². The van der Waals surface area contributed by atoms with Crippen LogP contribution in [0.4, 0.5) is 0 Å². The molecular weight excluding hydrogens is 215 g/mol. The lowest BCUT2D eigenvalue weighted by Crippen LogP contribution is -2.29. The molecule has 0 radical (unpaired) electrons. The van der Waals surface area contributed by atoms with Gasteiger partial charge in [0.25, 0.3) is 0 Å². The van der Waals surface area contributed by atoms with Crippen molar-refractivity contribution in [2.24, 2.45) is 0 Å². The van der Waals surface area contributed by atoms with Gasteiger partial charge >= 0.3 is 7.12 Å². The molecule has 2 aromatic carbocycles. The third-order valence-corrected chi connectivity index (χ3v) is 2.70. The number of furan rings is 1. The number of para-hydroxylation sites is 1. The lowest BCUT2D eigenvalue weighted by molar-refractivity contribution is 0.425. The van der Waals surface area contributed by atoms with E-state index >= 15 is 0 Å². The summed E-state index contributed by atoms with van der Waals surface area (Å²) in [4.78, 5) is 0. The molecule has 0 bridgehead atoms. The molecule has 86 valence electrons. The Hall–Kier alpha value is -1.78. The Morgan fingerprint density at radius 1 is 0.882 bits per heavy atom. The monoisotopic (exact) mass is 228 g/mol. The molecule has 0 aliphatic carbocycles. The summed E-state index contributed by atoms with van der Waals surface area (Å²) in [6.07, 6.45) is 0. The molecule has 0 unspecified atom stereocenters. The normalized spacial score (nSPS) is 10.5. The minimum Gasteiger partial charge on any atom is -0.456 e. The molecule has 0 aliphatic rings. The molecule has 3 rings (SSSR count). The van der Waals surface area contributed by atoms with Gasteiger partial charge in [-0.05, 0) is 17.6 Å². The van der Waals surface area contributed by atoms with Crippen molar-refractivity contribution in [1.82, 2.24) is 0 Å². The molecule has 0 saturated carbocycles. The van der Waals surface area contributed by atoms with Gasteiger partial charge in [0.05, 0.1) is 0 Å². The average Bonchev–Trinajstić information content (AvgIpc) is 2.66. The standard InChI is InChI=1S/C12H9BO3.CH4/c14-13(15)8-5-6-10-9-3-1-2-4-11(9)16-12(10)7-8;/h1-7,14-15H;1H4. The van der Waals surface area contributed by atoms with Crippen molar-refractivity contribution in [3.63, 3.8) is 0 Å². The van der Waals surface area contributed by atoms with Crippen LogP contribution in [-0.4, -0.2) is 17.2 Å². The summed E-state index contributed by atoms with van der Waals surface area (Å²) in [6.45, 7) is 0. The summed E-state index contributed by atoms with van der Waals surface area (Å²) in [5.41, 5.74) is 1.92. The van der Waals surface area contributed by atoms with Crippen LogP contribution < -0.4 is 5.46 Å². The van der Waals surface area contributed by atoms with Crippen molar-refractivity contribution in [3.8, 4) is 0 Å². The summed E-state index contributed by atoms with van der Waals surface area (Å²) in [5.74, 6) is 0. The molecule has 0 saturated heterocycles. The maximum atomic E-state index is 9.07. The lowest BCUT2D eigenvalue weighted by atomic mass is 9.80. The smallest absolute Gasteiger partial charge is 0.456 e. The fraction of sp³-hybridized carbons (Fsp3) is 0.0769. The molecule has 4 heteroatoms. The van der Waals surface area contributed by atoms with E-state index in [2.05, 4.69) is 0 Å². The van der Waals surface area contributed by atoms with E-state index in [-0.39, 0.29) is 7.43 Å². The number of hydrogen-bond acceptors (Lipinski definition) is 3. The van der Waals surface area contributed by atoms with Gasteiger partial charge in [-0.15, -0.1) is 0 Å². The zero-order chi connectivity index (χ0) is 11.1. The first-order valence-electron chi connectivity index (χ1n) is 5.03. The van der Waals surface area contributed by atoms with Crippen LogP contribution in [0.15, 0.2) is 46.9 Å². The van der Waals surface area contributed by atoms with Crippen LogP contribution >= 0.6 is 0 Å². The SMILES string of the molecule is C.OB(O)c1ccc2c(c1)oc1ccccc12. The van der Waals surface area contributed by atoms with Gasteiger partial charge < -0.3 is 14.5 Å². The molecule has 1 aromatic heterocycles. The molecule has 0 atom stereocenters. The van der Waals surface area contributed by atoms with Crippen LogP contribution in [-0.2, 0) is 0 Å². The summed E-state index contributed by atoms with van der Waals surface area (Å²) in [7, 11) is -1.46. The van der Waals surface area contributed by atoms with E-state index in [0.717, 1.165) is 16.4 Å². The molecule has 0 aliphatic heterocycles. The van der Waals surface area contributed by atoms with Crippen molar-refractivity contribution >= 4 is 34.5 Å². The van der Waals surface area contributed by atoms with Gasteiger partial charge in [0, 0.05) is 10.8 Å². The Morgan fingerprint density at radius 2 is 1.59 bits per heavy atom. The predicted molar refractivity (Wildman–Crippen MR) is 70.3 cm³/mol. The topological polar surface area (TPSA) is 53.6 Å². The number of hydrogen-bond donors (Lipinski definition) is 2. The fourth-order valence-electron chi connectivity index (χ4n) is 1.90. The highest BCUT2D eigenvalue weighted by atomic mass is 16.4. The quantitative estimate of drug-likeness (QED) is 0.625. The molecule has 0 fully saturated rings. The van der Waals surface area contributed by atoms with Gasteiger partial charge in [0.15, 0.2) is 0 Å². The van der Waals surface area contributed by atoms with Crippen molar-refractivity contribution < 1.29 is 14.5 Å². The fourth-order valence-corrected chi connectivity index (χ4v) is 1.90. The highest BCUT2D eigenvalue weighted by Crippen LogP contribution is 2.27. The van der Waals surface area contributed by atoms with Crippen molar-refractivity contribution in [1.29, 1.82) is 0 Å². The first kappa shape index (κ1) is 11.7. The summed E-state index contributed by atoms with van der Waals surface area (Å²) < 4.78 is 5.62. The average molecular weight is 228 g/mol. The zero-order valence-electron chi connectivity index (χ0n) is 8.42. The van der Waals surface area contributed by atoms with Crippen molar-refractivity contribution in [2.75, 3.05) is 0 Å². The van der Waals surface area contributed by atoms with Crippen LogP contribution in [0.5, 0.6) is 0 Å². The molecule has 1 heterocycles. The van der Waals surface area contributed by atoms with Crippen LogP contribution in [0.2, 0.25) is 0 Å². The minimum absolute atomic E-state index is 0. The first-order chi connectivity index (χ1) is 7.75. The van der Waals surface area contributed by atoms with Crippen LogP contribution in [0.25, 0.3) is 21.9 Å². The van der Waals surface area contributed by atoms with Crippen LogP contribution in [0.3, 0.4) is 0 Å². The second kappa shape index (κ2) is 4.24. The Bertz CT molecular complexity index is 658. The Balaban J connectivity index is 0.00000108. The van der Waals surface area contributed by atoms with Crippen molar-refractivity contribution in [2.45, 2.75) is 7.43 Å². The number of benzene rings is 2. The van der Waals surface area contributed by atoms with E-state index in [9.17, 15) is 0 Å². The highest BCUT2D eigenvalue weighted by molar-refractivity contribution is 6.58. The third kappa shape index (κ3) is 1.81. The van der Waals surface area contributed by atoms with E-state index in [0.29, 0.717) is 11.0 Å². The van der Waals surface area contributed by atoms with Gasteiger partial charge in [-0.25, -0.2) is 0 Å². The predicted octanol–water partition coefficient (Wildman–Crippen LogP) is 1.90. The van der Waals surface area contributed by atoms with E-state index in [1.165, 1.54) is 0 Å². The molecule has 0 amide bonds. The third-order valence-electron chi connectivity index (χ3n) is 2.70. The maximum Gasteiger partial charge on any atom is 0.488 e. The minimum atomic E-state index is -1.46.